The average molecular weight is 304 g/mol. The first kappa shape index (κ1) is 19.3. The third kappa shape index (κ3) is 6.09. The lowest BCUT2D eigenvalue weighted by atomic mass is 9.93. The molecule has 0 aromatic heterocycles. The fraction of sp³-hybridized carbons (Fsp3) is 0.769. The number of aliphatic carboxylic acids is 1. The predicted octanol–water partition coefficient (Wildman–Crippen LogP) is -0.0157. The zero-order valence-electron chi connectivity index (χ0n) is 13.2. The molecule has 0 aliphatic heterocycles. The van der Waals surface area contributed by atoms with Crippen molar-refractivity contribution in [2.24, 2.45) is 17.4 Å². The molecule has 5 N–H and O–H groups in total. The molecule has 0 aromatic carbocycles. The minimum absolute atomic E-state index is 0.939. The minimum Gasteiger partial charge on any atom is -0.479 e. The summed E-state index contributed by atoms with van der Waals surface area (Å²) in [6.45, 7) is 9.37. The summed E-state index contributed by atoms with van der Waals surface area (Å²) >= 11 is 0. The summed E-state index contributed by atoms with van der Waals surface area (Å²) in [5, 5.41) is 9.04. The number of carbonyl (C=O) groups is 3. The number of esters is 2. The smallest absolute Gasteiger partial charge is 0.340 e. The molecule has 0 saturated carbocycles. The molecule has 0 fully saturated rings. The van der Waals surface area contributed by atoms with E-state index in [1.54, 1.807) is 41.5 Å². The molecule has 0 atom stereocenters. The molecule has 0 aliphatic rings. The highest BCUT2D eigenvalue weighted by Crippen LogP contribution is 2.21. The van der Waals surface area contributed by atoms with Gasteiger partial charge in [-0.2, -0.15) is 0 Å². The van der Waals surface area contributed by atoms with Gasteiger partial charge in [-0.05, 0) is 41.5 Å². The monoisotopic (exact) mass is 304 g/mol. The van der Waals surface area contributed by atoms with Crippen LogP contribution < -0.4 is 11.5 Å². The molecule has 0 aromatic rings. The Bertz CT molecular complexity index is 403. The lowest BCUT2D eigenvalue weighted by Crippen LogP contribution is -2.67. The SMILES string of the molecule is CC(C)(C)OC(=O)C(C(=O)OC(C)(C)C)C(N)(N)C(=O)O. The van der Waals surface area contributed by atoms with Crippen molar-refractivity contribution in [3.63, 3.8) is 0 Å². The van der Waals surface area contributed by atoms with Crippen LogP contribution in [-0.2, 0) is 23.9 Å². The van der Waals surface area contributed by atoms with Crippen LogP contribution in [0.15, 0.2) is 0 Å². The molecule has 0 unspecified atom stereocenters. The zero-order chi connectivity index (χ0) is 17.2. The van der Waals surface area contributed by atoms with Gasteiger partial charge >= 0.3 is 17.9 Å². The second-order valence-corrected chi connectivity index (χ2v) is 6.74. The van der Waals surface area contributed by atoms with Crippen molar-refractivity contribution in [1.82, 2.24) is 0 Å². The first-order valence-corrected chi connectivity index (χ1v) is 6.35. The van der Waals surface area contributed by atoms with Crippen LogP contribution in [0.1, 0.15) is 41.5 Å². The fourth-order valence-corrected chi connectivity index (χ4v) is 1.33. The van der Waals surface area contributed by atoms with Gasteiger partial charge in [-0.15, -0.1) is 0 Å². The highest BCUT2D eigenvalue weighted by Gasteiger charge is 2.51. The summed E-state index contributed by atoms with van der Waals surface area (Å²) < 4.78 is 10.0. The molecule has 0 spiro atoms. The molecule has 0 bridgehead atoms. The highest BCUT2D eigenvalue weighted by molar-refractivity contribution is 6.02. The molecule has 122 valence electrons. The number of ether oxygens (including phenoxy) is 2. The molecular weight excluding hydrogens is 280 g/mol. The summed E-state index contributed by atoms with van der Waals surface area (Å²) in [7, 11) is 0. The van der Waals surface area contributed by atoms with Crippen LogP contribution in [0.25, 0.3) is 0 Å². The maximum absolute atomic E-state index is 12.1. The van der Waals surface area contributed by atoms with Crippen molar-refractivity contribution < 1.29 is 29.0 Å². The third-order valence-corrected chi connectivity index (χ3v) is 2.13. The van der Waals surface area contributed by atoms with Gasteiger partial charge in [-0.25, -0.2) is 4.79 Å². The van der Waals surface area contributed by atoms with Gasteiger partial charge in [0.05, 0.1) is 0 Å². The van der Waals surface area contributed by atoms with E-state index in [1.165, 1.54) is 0 Å². The van der Waals surface area contributed by atoms with Crippen molar-refractivity contribution in [1.29, 1.82) is 0 Å². The Morgan fingerprint density at radius 1 is 0.857 bits per heavy atom. The molecule has 0 saturated heterocycles. The second kappa shape index (κ2) is 5.98. The van der Waals surface area contributed by atoms with Crippen LogP contribution in [0.2, 0.25) is 0 Å². The van der Waals surface area contributed by atoms with Crippen molar-refractivity contribution >= 4 is 17.9 Å². The van der Waals surface area contributed by atoms with Crippen LogP contribution in [0.4, 0.5) is 0 Å². The van der Waals surface area contributed by atoms with Crippen molar-refractivity contribution in [2.75, 3.05) is 0 Å². The maximum atomic E-state index is 12.1. The zero-order valence-corrected chi connectivity index (χ0v) is 13.2. The second-order valence-electron chi connectivity index (χ2n) is 6.74. The number of carbonyl (C=O) groups excluding carboxylic acids is 2. The van der Waals surface area contributed by atoms with E-state index in [9.17, 15) is 14.4 Å². The number of hydrogen-bond acceptors (Lipinski definition) is 7. The summed E-state index contributed by atoms with van der Waals surface area (Å²) in [5.74, 6) is -5.99. The van der Waals surface area contributed by atoms with E-state index in [2.05, 4.69) is 0 Å². The Morgan fingerprint density at radius 3 is 1.33 bits per heavy atom. The van der Waals surface area contributed by atoms with Gasteiger partial charge in [-0.3, -0.25) is 9.59 Å². The number of hydrogen-bond donors (Lipinski definition) is 3. The van der Waals surface area contributed by atoms with Gasteiger partial charge in [-0.1, -0.05) is 0 Å². The highest BCUT2D eigenvalue weighted by atomic mass is 16.6. The summed E-state index contributed by atoms with van der Waals surface area (Å²) in [6.07, 6.45) is 0. The Balaban J connectivity index is 5.55. The van der Waals surface area contributed by atoms with Crippen LogP contribution in [0.3, 0.4) is 0 Å². The Hall–Kier alpha value is -1.67. The van der Waals surface area contributed by atoms with E-state index in [0.29, 0.717) is 0 Å². The van der Waals surface area contributed by atoms with Crippen molar-refractivity contribution in [2.45, 2.75) is 58.4 Å². The van der Waals surface area contributed by atoms with Gasteiger partial charge in [0.25, 0.3) is 0 Å². The normalized spacial score (nSPS) is 13.0. The number of nitrogens with two attached hydrogens (primary N) is 2. The predicted molar refractivity (Wildman–Crippen MR) is 73.9 cm³/mol. The minimum atomic E-state index is -2.63. The third-order valence-electron chi connectivity index (χ3n) is 2.13. The Labute approximate surface area is 123 Å². The van der Waals surface area contributed by atoms with Gasteiger partial charge in [0.2, 0.25) is 0 Å². The van der Waals surface area contributed by atoms with E-state index in [1.807, 2.05) is 0 Å². The molecule has 0 heterocycles. The largest absolute Gasteiger partial charge is 0.479 e. The summed E-state index contributed by atoms with van der Waals surface area (Å²) in [5.41, 5.74) is 6.33. The molecule has 8 nitrogen and oxygen atoms in total. The van der Waals surface area contributed by atoms with E-state index >= 15 is 0 Å². The van der Waals surface area contributed by atoms with E-state index in [4.69, 9.17) is 26.0 Å². The van der Waals surface area contributed by atoms with Gasteiger partial charge in [0, 0.05) is 0 Å². The lowest BCUT2D eigenvalue weighted by molar-refractivity contribution is -0.182. The van der Waals surface area contributed by atoms with Crippen molar-refractivity contribution in [3.8, 4) is 0 Å². The molecule has 0 amide bonds. The fourth-order valence-electron chi connectivity index (χ4n) is 1.33. The lowest BCUT2D eigenvalue weighted by Gasteiger charge is -2.31. The molecule has 0 rings (SSSR count). The van der Waals surface area contributed by atoms with E-state index in [-0.39, 0.29) is 0 Å². The Kier molecular flexibility index (Phi) is 5.51. The van der Waals surface area contributed by atoms with Crippen LogP contribution >= 0.6 is 0 Å². The first-order chi connectivity index (χ1) is 9.08. The van der Waals surface area contributed by atoms with Crippen LogP contribution in [0, 0.1) is 5.92 Å². The molecule has 0 radical (unpaired) electrons. The van der Waals surface area contributed by atoms with Gasteiger partial charge in [0.15, 0.2) is 11.6 Å². The Morgan fingerprint density at radius 2 is 1.14 bits per heavy atom. The topological polar surface area (TPSA) is 142 Å². The number of rotatable bonds is 4. The molecule has 8 heteroatoms. The standard InChI is InChI=1S/C13H24N2O6/c1-11(2,3)20-8(16)7(13(14,15)10(18)19)9(17)21-12(4,5)6/h7H,14-15H2,1-6H3,(H,18,19). The van der Waals surface area contributed by atoms with Crippen molar-refractivity contribution in [3.05, 3.63) is 0 Å². The average Bonchev–Trinajstić information content (AvgIpc) is 2.09. The maximum Gasteiger partial charge on any atom is 0.340 e. The quantitative estimate of drug-likeness (QED) is 0.374. The number of carboxylic acids is 1. The summed E-state index contributed by atoms with van der Waals surface area (Å²) in [6, 6.07) is 0. The number of carboxylic acid groups (broad SMARTS) is 1. The molecule has 21 heavy (non-hydrogen) atoms. The molecule has 0 aliphatic carbocycles. The van der Waals surface area contributed by atoms with Gasteiger partial charge in [0.1, 0.15) is 11.2 Å². The summed E-state index contributed by atoms with van der Waals surface area (Å²) in [4.78, 5) is 35.3. The van der Waals surface area contributed by atoms with Crippen LogP contribution in [-0.4, -0.2) is 39.9 Å². The molecular formula is C13H24N2O6. The first-order valence-electron chi connectivity index (χ1n) is 6.35. The van der Waals surface area contributed by atoms with E-state index in [0.717, 1.165) is 0 Å². The van der Waals surface area contributed by atoms with E-state index < -0.39 is 40.7 Å². The van der Waals surface area contributed by atoms with Gasteiger partial charge < -0.3 is 26.0 Å². The van der Waals surface area contributed by atoms with Crippen LogP contribution in [0.5, 0.6) is 0 Å².